The molecule has 0 spiro atoms. The Morgan fingerprint density at radius 3 is 2.12 bits per heavy atom. The molecule has 1 aromatic rings. The summed E-state index contributed by atoms with van der Waals surface area (Å²) in [5.74, 6) is -0.459. The molecule has 1 aromatic carbocycles. The lowest BCUT2D eigenvalue weighted by Crippen LogP contribution is -2.37. The van der Waals surface area contributed by atoms with Crippen LogP contribution in [0.2, 0.25) is 0 Å². The predicted molar refractivity (Wildman–Crippen MR) is 74.5 cm³/mol. The van der Waals surface area contributed by atoms with Gasteiger partial charge in [0, 0.05) is 3.57 Å². The highest BCUT2D eigenvalue weighted by molar-refractivity contribution is 14.1. The molecule has 4 nitrogen and oxygen atoms in total. The first kappa shape index (κ1) is 14.5. The van der Waals surface area contributed by atoms with E-state index in [4.69, 9.17) is 4.74 Å². The van der Waals surface area contributed by atoms with Gasteiger partial charge in [-0.15, -0.1) is 0 Å². The van der Waals surface area contributed by atoms with E-state index in [0.29, 0.717) is 16.6 Å². The van der Waals surface area contributed by atoms with Crippen LogP contribution >= 0.6 is 22.6 Å². The fraction of sp³-hybridized carbons (Fsp3) is 0.364. The fourth-order valence-corrected chi connectivity index (χ4v) is 2.56. The molecule has 0 saturated carbocycles. The van der Waals surface area contributed by atoms with Gasteiger partial charge in [0.25, 0.3) is 0 Å². The molecule has 92 valence electrons. The minimum atomic E-state index is -1.59. The average Bonchev–Trinajstić information content (AvgIpc) is 2.25. The zero-order chi connectivity index (χ0) is 13.3. The van der Waals surface area contributed by atoms with Crippen molar-refractivity contribution in [2.75, 3.05) is 7.11 Å². The van der Waals surface area contributed by atoms with Crippen molar-refractivity contribution in [3.05, 3.63) is 25.8 Å². The van der Waals surface area contributed by atoms with E-state index in [2.05, 4.69) is 22.6 Å². The first-order chi connectivity index (χ1) is 7.82. The second kappa shape index (κ2) is 5.37. The van der Waals surface area contributed by atoms with E-state index in [-0.39, 0.29) is 0 Å². The summed E-state index contributed by atoms with van der Waals surface area (Å²) in [6.07, 6.45) is 0. The lowest BCUT2D eigenvalue weighted by molar-refractivity contribution is 0.0599. The topological polar surface area (TPSA) is 66.8 Å². The molecule has 2 N–H and O–H groups in total. The standard InChI is InChI=1S/C11H14BIO4/c1-5-8(11(14)17-4)6(2)10(13)7(3)9(5)12(15)16/h15-16H,1-4H3. The second-order valence-electron chi connectivity index (χ2n) is 3.84. The molecular weight excluding hydrogens is 334 g/mol. The lowest BCUT2D eigenvalue weighted by Gasteiger charge is -2.17. The number of hydrogen-bond donors (Lipinski definition) is 2. The number of ether oxygens (including phenoxy) is 1. The van der Waals surface area contributed by atoms with Gasteiger partial charge in [0.2, 0.25) is 0 Å². The summed E-state index contributed by atoms with van der Waals surface area (Å²) in [7, 11) is -0.282. The van der Waals surface area contributed by atoms with Crippen molar-refractivity contribution in [1.29, 1.82) is 0 Å². The van der Waals surface area contributed by atoms with Crippen LogP contribution in [0.3, 0.4) is 0 Å². The van der Waals surface area contributed by atoms with Gasteiger partial charge in [-0.1, -0.05) is 0 Å². The molecule has 0 saturated heterocycles. The van der Waals surface area contributed by atoms with Gasteiger partial charge in [-0.2, -0.15) is 0 Å². The van der Waals surface area contributed by atoms with Crippen molar-refractivity contribution in [1.82, 2.24) is 0 Å². The van der Waals surface area contributed by atoms with E-state index in [1.807, 2.05) is 6.92 Å². The van der Waals surface area contributed by atoms with Crippen molar-refractivity contribution in [2.45, 2.75) is 20.8 Å². The van der Waals surface area contributed by atoms with Gasteiger partial charge in [0.15, 0.2) is 0 Å². The van der Waals surface area contributed by atoms with Crippen molar-refractivity contribution in [3.8, 4) is 0 Å². The van der Waals surface area contributed by atoms with Crippen molar-refractivity contribution < 1.29 is 19.6 Å². The number of benzene rings is 1. The molecule has 0 amide bonds. The predicted octanol–water partition coefficient (Wildman–Crippen LogP) is 0.683. The van der Waals surface area contributed by atoms with E-state index in [9.17, 15) is 14.8 Å². The summed E-state index contributed by atoms with van der Waals surface area (Å²) in [6.45, 7) is 5.32. The third kappa shape index (κ3) is 2.48. The van der Waals surface area contributed by atoms with Gasteiger partial charge in [-0.3, -0.25) is 0 Å². The summed E-state index contributed by atoms with van der Waals surface area (Å²) in [5, 5.41) is 18.8. The molecule has 0 radical (unpaired) electrons. The summed E-state index contributed by atoms with van der Waals surface area (Å²) < 4.78 is 5.57. The molecule has 0 atom stereocenters. The number of methoxy groups -OCH3 is 1. The number of halogens is 1. The van der Waals surface area contributed by atoms with E-state index < -0.39 is 13.1 Å². The number of hydrogen-bond acceptors (Lipinski definition) is 4. The van der Waals surface area contributed by atoms with Crippen LogP contribution in [-0.4, -0.2) is 30.2 Å². The minimum absolute atomic E-state index is 0.375. The molecule has 1 rings (SSSR count). The second-order valence-corrected chi connectivity index (χ2v) is 4.92. The first-order valence-electron chi connectivity index (χ1n) is 5.06. The quantitative estimate of drug-likeness (QED) is 0.469. The van der Waals surface area contributed by atoms with Crippen molar-refractivity contribution in [3.63, 3.8) is 0 Å². The van der Waals surface area contributed by atoms with Crippen LogP contribution in [0.4, 0.5) is 0 Å². The Kier molecular flexibility index (Phi) is 4.57. The van der Waals surface area contributed by atoms with Crippen LogP contribution in [0, 0.1) is 24.3 Å². The maximum absolute atomic E-state index is 11.7. The maximum Gasteiger partial charge on any atom is 0.489 e. The van der Waals surface area contributed by atoms with Crippen LogP contribution in [0.25, 0.3) is 0 Å². The number of rotatable bonds is 2. The van der Waals surface area contributed by atoms with Crippen molar-refractivity contribution >= 4 is 41.1 Å². The summed E-state index contributed by atoms with van der Waals surface area (Å²) >= 11 is 2.09. The smallest absolute Gasteiger partial charge is 0.465 e. The third-order valence-corrected chi connectivity index (χ3v) is 4.48. The normalized spacial score (nSPS) is 10.3. The number of carbonyl (C=O) groups is 1. The third-order valence-electron chi connectivity index (χ3n) is 2.86. The Bertz CT molecular complexity index is 471. The Balaban J connectivity index is 3.68. The van der Waals surface area contributed by atoms with Crippen LogP contribution in [0.1, 0.15) is 27.0 Å². The molecule has 0 aliphatic rings. The Hall–Kier alpha value is -0.595. The average molecular weight is 348 g/mol. The zero-order valence-electron chi connectivity index (χ0n) is 10.2. The summed E-state index contributed by atoms with van der Waals surface area (Å²) in [5.41, 5.74) is 2.92. The highest BCUT2D eigenvalue weighted by Crippen LogP contribution is 2.23. The molecule has 17 heavy (non-hydrogen) atoms. The molecular formula is C11H14BIO4. The van der Waals surface area contributed by atoms with E-state index in [1.54, 1.807) is 13.8 Å². The molecule has 0 aliphatic heterocycles. The molecule has 0 fully saturated rings. The van der Waals surface area contributed by atoms with Crippen LogP contribution in [0.5, 0.6) is 0 Å². The van der Waals surface area contributed by atoms with Crippen LogP contribution in [0.15, 0.2) is 0 Å². The number of carbonyl (C=O) groups excluding carboxylic acids is 1. The van der Waals surface area contributed by atoms with Gasteiger partial charge >= 0.3 is 13.1 Å². The zero-order valence-corrected chi connectivity index (χ0v) is 12.3. The Morgan fingerprint density at radius 1 is 1.18 bits per heavy atom. The summed E-state index contributed by atoms with van der Waals surface area (Å²) in [6, 6.07) is 0. The molecule has 0 aromatic heterocycles. The molecule has 0 aliphatic carbocycles. The van der Waals surface area contributed by atoms with Crippen LogP contribution < -0.4 is 5.46 Å². The molecule has 6 heteroatoms. The van der Waals surface area contributed by atoms with Gasteiger partial charge in [-0.05, 0) is 65.5 Å². The van der Waals surface area contributed by atoms with Crippen LogP contribution in [-0.2, 0) is 4.74 Å². The van der Waals surface area contributed by atoms with Gasteiger partial charge in [0.1, 0.15) is 0 Å². The maximum atomic E-state index is 11.7. The van der Waals surface area contributed by atoms with E-state index >= 15 is 0 Å². The van der Waals surface area contributed by atoms with Gasteiger partial charge < -0.3 is 14.8 Å². The summed E-state index contributed by atoms with van der Waals surface area (Å²) in [4.78, 5) is 11.7. The first-order valence-corrected chi connectivity index (χ1v) is 6.14. The van der Waals surface area contributed by atoms with Crippen molar-refractivity contribution in [2.24, 2.45) is 0 Å². The van der Waals surface area contributed by atoms with Gasteiger partial charge in [-0.25, -0.2) is 4.79 Å². The monoisotopic (exact) mass is 348 g/mol. The van der Waals surface area contributed by atoms with E-state index in [0.717, 1.165) is 14.7 Å². The lowest BCUT2D eigenvalue weighted by atomic mass is 9.72. The molecule has 0 heterocycles. The minimum Gasteiger partial charge on any atom is -0.465 e. The molecule has 0 unspecified atom stereocenters. The Labute approximate surface area is 114 Å². The SMILES string of the molecule is COC(=O)c1c(C)c(I)c(C)c(B(O)O)c1C. The Morgan fingerprint density at radius 2 is 1.71 bits per heavy atom. The highest BCUT2D eigenvalue weighted by atomic mass is 127. The molecule has 0 bridgehead atoms. The largest absolute Gasteiger partial charge is 0.489 e. The highest BCUT2D eigenvalue weighted by Gasteiger charge is 2.26. The number of esters is 1. The fourth-order valence-electron chi connectivity index (χ4n) is 2.00. The van der Waals surface area contributed by atoms with Gasteiger partial charge in [0.05, 0.1) is 12.7 Å². The van der Waals surface area contributed by atoms with E-state index in [1.165, 1.54) is 7.11 Å².